The van der Waals surface area contributed by atoms with E-state index in [0.29, 0.717) is 12.2 Å². The summed E-state index contributed by atoms with van der Waals surface area (Å²) in [4.78, 5) is 11.7. The number of hydrogen-bond donors (Lipinski definition) is 1. The van der Waals surface area contributed by atoms with Crippen LogP contribution >= 0.6 is 0 Å². The molecule has 0 radical (unpaired) electrons. The lowest BCUT2D eigenvalue weighted by Crippen LogP contribution is -2.35. The second-order valence-corrected chi connectivity index (χ2v) is 4.71. The van der Waals surface area contributed by atoms with Crippen LogP contribution < -0.4 is 5.32 Å². The first kappa shape index (κ1) is 11.0. The second-order valence-electron chi connectivity index (χ2n) is 4.71. The fourth-order valence-electron chi connectivity index (χ4n) is 2.28. The van der Waals surface area contributed by atoms with E-state index in [-0.39, 0.29) is 5.91 Å². The number of hydrogen-bond acceptors (Lipinski definition) is 2. The van der Waals surface area contributed by atoms with Gasteiger partial charge in [0, 0.05) is 12.1 Å². The highest BCUT2D eigenvalue weighted by Crippen LogP contribution is 2.24. The average molecular weight is 241 g/mol. The molecule has 0 atom stereocenters. The lowest BCUT2D eigenvalue weighted by atomic mass is 10.0. The van der Waals surface area contributed by atoms with Gasteiger partial charge in [0.2, 0.25) is 0 Å². The van der Waals surface area contributed by atoms with Gasteiger partial charge in [-0.25, -0.2) is 0 Å². The summed E-state index contributed by atoms with van der Waals surface area (Å²) in [7, 11) is 0. The largest absolute Gasteiger partial charge is 0.349 e. The molecular formula is C14H15N3O. The number of fused-ring (bicyclic) bond motifs is 1. The van der Waals surface area contributed by atoms with Gasteiger partial charge < -0.3 is 5.32 Å². The molecule has 1 aromatic carbocycles. The standard InChI is InChI=1S/C14H15N3O/c1-9-3-4-10(2)11(7-9)12-8-13-14(18)15-5-6-17(13)16-12/h3-4,7-8H,5-6H2,1-2H3,(H,15,18). The minimum absolute atomic E-state index is 0.0368. The molecule has 1 aliphatic heterocycles. The fourth-order valence-corrected chi connectivity index (χ4v) is 2.28. The zero-order valence-corrected chi connectivity index (χ0v) is 10.5. The van der Waals surface area contributed by atoms with Gasteiger partial charge >= 0.3 is 0 Å². The van der Waals surface area contributed by atoms with Crippen LogP contribution in [0, 0.1) is 13.8 Å². The molecule has 0 fully saturated rings. The third kappa shape index (κ3) is 1.70. The number of carbonyl (C=O) groups excluding carboxylic acids is 1. The number of aryl methyl sites for hydroxylation is 2. The highest BCUT2D eigenvalue weighted by molar-refractivity contribution is 5.94. The highest BCUT2D eigenvalue weighted by Gasteiger charge is 2.20. The highest BCUT2D eigenvalue weighted by atomic mass is 16.2. The molecule has 2 heterocycles. The van der Waals surface area contributed by atoms with Crippen LogP contribution in [-0.4, -0.2) is 22.2 Å². The Morgan fingerprint density at radius 1 is 1.28 bits per heavy atom. The molecule has 1 amide bonds. The van der Waals surface area contributed by atoms with E-state index in [1.54, 1.807) is 4.68 Å². The molecule has 0 bridgehead atoms. The topological polar surface area (TPSA) is 46.9 Å². The lowest BCUT2D eigenvalue weighted by Gasteiger charge is -2.13. The van der Waals surface area contributed by atoms with Crippen molar-refractivity contribution in [2.75, 3.05) is 6.54 Å². The van der Waals surface area contributed by atoms with Crippen molar-refractivity contribution in [1.29, 1.82) is 0 Å². The molecule has 0 saturated carbocycles. The maximum Gasteiger partial charge on any atom is 0.269 e. The summed E-state index contributed by atoms with van der Waals surface area (Å²) < 4.78 is 1.79. The Morgan fingerprint density at radius 2 is 2.11 bits per heavy atom. The molecule has 0 spiro atoms. The number of benzene rings is 1. The first-order valence-corrected chi connectivity index (χ1v) is 6.09. The Morgan fingerprint density at radius 3 is 2.89 bits per heavy atom. The number of nitrogens with one attached hydrogen (secondary N) is 1. The zero-order chi connectivity index (χ0) is 12.7. The molecule has 0 aliphatic carbocycles. The summed E-state index contributed by atoms with van der Waals surface area (Å²) in [6, 6.07) is 8.16. The molecule has 0 unspecified atom stereocenters. The maximum atomic E-state index is 11.7. The van der Waals surface area contributed by atoms with Gasteiger partial charge in [0.15, 0.2) is 0 Å². The molecule has 92 valence electrons. The lowest BCUT2D eigenvalue weighted by molar-refractivity contribution is 0.0924. The number of nitrogens with zero attached hydrogens (tertiary/aromatic N) is 2. The summed E-state index contributed by atoms with van der Waals surface area (Å²) in [6.07, 6.45) is 0. The van der Waals surface area contributed by atoms with Crippen LogP contribution in [-0.2, 0) is 6.54 Å². The van der Waals surface area contributed by atoms with Crippen molar-refractivity contribution in [2.45, 2.75) is 20.4 Å². The monoisotopic (exact) mass is 241 g/mol. The molecule has 1 N–H and O–H groups in total. The molecular weight excluding hydrogens is 226 g/mol. The predicted molar refractivity (Wildman–Crippen MR) is 69.5 cm³/mol. The smallest absolute Gasteiger partial charge is 0.269 e. The Bertz CT molecular complexity index is 628. The first-order valence-electron chi connectivity index (χ1n) is 6.09. The van der Waals surface area contributed by atoms with E-state index in [2.05, 4.69) is 42.5 Å². The van der Waals surface area contributed by atoms with Gasteiger partial charge in [-0.3, -0.25) is 9.48 Å². The van der Waals surface area contributed by atoms with Crippen LogP contribution in [0.2, 0.25) is 0 Å². The summed E-state index contributed by atoms with van der Waals surface area (Å²) in [5.74, 6) is -0.0368. The van der Waals surface area contributed by atoms with Crippen molar-refractivity contribution in [3.8, 4) is 11.3 Å². The summed E-state index contributed by atoms with van der Waals surface area (Å²) in [5.41, 5.74) is 5.01. The van der Waals surface area contributed by atoms with Gasteiger partial charge in [-0.05, 0) is 31.5 Å². The fraction of sp³-hybridized carbons (Fsp3) is 0.286. The molecule has 3 rings (SSSR count). The van der Waals surface area contributed by atoms with Crippen LogP contribution in [0.3, 0.4) is 0 Å². The van der Waals surface area contributed by atoms with Crippen molar-refractivity contribution in [3.05, 3.63) is 41.1 Å². The third-order valence-electron chi connectivity index (χ3n) is 3.29. The molecule has 0 saturated heterocycles. The normalized spacial score (nSPS) is 14.2. The molecule has 18 heavy (non-hydrogen) atoms. The number of aromatic nitrogens is 2. The third-order valence-corrected chi connectivity index (χ3v) is 3.29. The van der Waals surface area contributed by atoms with Crippen molar-refractivity contribution in [1.82, 2.24) is 15.1 Å². The summed E-state index contributed by atoms with van der Waals surface area (Å²) in [5, 5.41) is 7.36. The average Bonchev–Trinajstić information content (AvgIpc) is 2.77. The van der Waals surface area contributed by atoms with Gasteiger partial charge in [0.05, 0.1) is 12.2 Å². The van der Waals surface area contributed by atoms with E-state index >= 15 is 0 Å². The zero-order valence-electron chi connectivity index (χ0n) is 10.5. The van der Waals surface area contributed by atoms with Crippen LogP contribution in [0.25, 0.3) is 11.3 Å². The molecule has 2 aromatic rings. The quantitative estimate of drug-likeness (QED) is 0.829. The molecule has 1 aliphatic rings. The number of amides is 1. The second kappa shape index (κ2) is 3.98. The van der Waals surface area contributed by atoms with E-state index in [1.165, 1.54) is 11.1 Å². The van der Waals surface area contributed by atoms with E-state index < -0.39 is 0 Å². The number of carbonyl (C=O) groups is 1. The predicted octanol–water partition coefficient (Wildman–Crippen LogP) is 1.91. The van der Waals surface area contributed by atoms with Crippen LogP contribution in [0.4, 0.5) is 0 Å². The van der Waals surface area contributed by atoms with Gasteiger partial charge in [-0.2, -0.15) is 5.10 Å². The number of rotatable bonds is 1. The SMILES string of the molecule is Cc1ccc(C)c(-c2cc3n(n2)CCNC3=O)c1. The van der Waals surface area contributed by atoms with Crippen molar-refractivity contribution < 1.29 is 4.79 Å². The van der Waals surface area contributed by atoms with Gasteiger partial charge in [0.1, 0.15) is 5.69 Å². The molecule has 4 nitrogen and oxygen atoms in total. The van der Waals surface area contributed by atoms with Gasteiger partial charge in [-0.15, -0.1) is 0 Å². The van der Waals surface area contributed by atoms with E-state index in [9.17, 15) is 4.79 Å². The summed E-state index contributed by atoms with van der Waals surface area (Å²) in [6.45, 7) is 5.52. The van der Waals surface area contributed by atoms with Crippen LogP contribution in [0.1, 0.15) is 21.6 Å². The van der Waals surface area contributed by atoms with Crippen molar-refractivity contribution >= 4 is 5.91 Å². The van der Waals surface area contributed by atoms with E-state index in [1.807, 2.05) is 6.07 Å². The Labute approximate surface area is 106 Å². The Hall–Kier alpha value is -2.10. The van der Waals surface area contributed by atoms with Crippen LogP contribution in [0.5, 0.6) is 0 Å². The Balaban J connectivity index is 2.13. The van der Waals surface area contributed by atoms with Crippen LogP contribution in [0.15, 0.2) is 24.3 Å². The maximum absolute atomic E-state index is 11.7. The van der Waals surface area contributed by atoms with E-state index in [0.717, 1.165) is 17.8 Å². The Kier molecular flexibility index (Phi) is 2.44. The van der Waals surface area contributed by atoms with Crippen molar-refractivity contribution in [2.24, 2.45) is 0 Å². The molecule has 4 heteroatoms. The minimum Gasteiger partial charge on any atom is -0.349 e. The van der Waals surface area contributed by atoms with Gasteiger partial charge in [0.25, 0.3) is 5.91 Å². The van der Waals surface area contributed by atoms with Gasteiger partial charge in [-0.1, -0.05) is 17.7 Å². The summed E-state index contributed by atoms with van der Waals surface area (Å²) >= 11 is 0. The van der Waals surface area contributed by atoms with E-state index in [4.69, 9.17) is 0 Å². The first-order chi connectivity index (χ1) is 8.65. The van der Waals surface area contributed by atoms with Crippen molar-refractivity contribution in [3.63, 3.8) is 0 Å². The minimum atomic E-state index is -0.0368. The molecule has 1 aromatic heterocycles.